The van der Waals surface area contributed by atoms with Crippen LogP contribution in [0.25, 0.3) is 0 Å². The van der Waals surface area contributed by atoms with Gasteiger partial charge in [0.2, 0.25) is 0 Å². The number of phenolic OH excluding ortho intramolecular Hbond substituents is 2. The Morgan fingerprint density at radius 3 is 1.97 bits per heavy atom. The Kier molecular flexibility index (Phi) is 4.64. The van der Waals surface area contributed by atoms with Gasteiger partial charge < -0.3 is 15.5 Å². The van der Waals surface area contributed by atoms with Crippen molar-refractivity contribution in [1.82, 2.24) is 0 Å². The Hall–Kier alpha value is -3.87. The maximum Gasteiger partial charge on any atom is 0.275 e. The average Bonchev–Trinajstić information content (AvgIpc) is 3.00. The number of halogens is 2. The van der Waals surface area contributed by atoms with E-state index in [1.165, 1.54) is 41.3 Å². The van der Waals surface area contributed by atoms with Crippen molar-refractivity contribution in [2.45, 2.75) is 6.04 Å². The topological polar surface area (TPSA) is 72.8 Å². The summed E-state index contributed by atoms with van der Waals surface area (Å²) in [6.45, 7) is 0. The Morgan fingerprint density at radius 2 is 1.38 bits per heavy atom. The summed E-state index contributed by atoms with van der Waals surface area (Å²) >= 11 is 0. The van der Waals surface area contributed by atoms with Gasteiger partial charge in [0.1, 0.15) is 28.8 Å². The number of nitrogens with one attached hydrogen (secondary N) is 1. The fourth-order valence-corrected chi connectivity index (χ4v) is 3.24. The van der Waals surface area contributed by atoms with Crippen molar-refractivity contribution < 1.29 is 23.8 Å². The molecule has 3 aromatic rings. The van der Waals surface area contributed by atoms with E-state index >= 15 is 0 Å². The minimum Gasteiger partial charge on any atom is -0.508 e. The van der Waals surface area contributed by atoms with Gasteiger partial charge in [0.15, 0.2) is 0 Å². The van der Waals surface area contributed by atoms with Crippen molar-refractivity contribution >= 4 is 17.3 Å². The molecule has 0 bridgehead atoms. The number of carbonyl (C=O) groups excluding carboxylic acids is 1. The smallest absolute Gasteiger partial charge is 0.275 e. The Labute approximate surface area is 165 Å². The second-order valence-corrected chi connectivity index (χ2v) is 6.59. The highest BCUT2D eigenvalue weighted by Crippen LogP contribution is 2.37. The normalized spacial score (nSPS) is 16.1. The van der Waals surface area contributed by atoms with Crippen molar-refractivity contribution in [3.63, 3.8) is 0 Å². The number of benzene rings is 3. The van der Waals surface area contributed by atoms with E-state index in [2.05, 4.69) is 5.32 Å². The molecule has 1 aliphatic rings. The molecule has 1 atom stereocenters. The van der Waals surface area contributed by atoms with Crippen LogP contribution in [-0.4, -0.2) is 16.1 Å². The van der Waals surface area contributed by atoms with Crippen LogP contribution in [-0.2, 0) is 4.79 Å². The number of anilines is 2. The van der Waals surface area contributed by atoms with Gasteiger partial charge in [-0.3, -0.25) is 9.69 Å². The lowest BCUT2D eigenvalue weighted by Crippen LogP contribution is -2.30. The molecule has 4 rings (SSSR count). The molecule has 0 spiro atoms. The first-order chi connectivity index (χ1) is 13.9. The third kappa shape index (κ3) is 3.75. The Balaban J connectivity index is 1.75. The van der Waals surface area contributed by atoms with E-state index in [-0.39, 0.29) is 22.8 Å². The highest BCUT2D eigenvalue weighted by atomic mass is 19.1. The van der Waals surface area contributed by atoms with Crippen LogP contribution in [0.5, 0.6) is 11.5 Å². The van der Waals surface area contributed by atoms with E-state index < -0.39 is 23.6 Å². The van der Waals surface area contributed by atoms with Gasteiger partial charge in [-0.1, -0.05) is 0 Å². The first-order valence-corrected chi connectivity index (χ1v) is 8.77. The summed E-state index contributed by atoms with van der Waals surface area (Å²) in [6.07, 6.45) is 1.58. The lowest BCUT2D eigenvalue weighted by atomic mass is 10.1. The Bertz CT molecular complexity index is 1080. The lowest BCUT2D eigenvalue weighted by molar-refractivity contribution is -0.114. The van der Waals surface area contributed by atoms with Gasteiger partial charge in [-0.25, -0.2) is 8.78 Å². The second-order valence-electron chi connectivity index (χ2n) is 6.59. The standard InChI is InChI=1S/C22H16F2N2O3/c23-14-9-13(10-15(24)11-14)21-12-20(25-16-1-5-18(27)6-2-16)22(29)26(21)17-3-7-19(28)8-4-17/h1-12,21,25,27-28H. The lowest BCUT2D eigenvalue weighted by Gasteiger charge is -2.25. The van der Waals surface area contributed by atoms with E-state index in [1.54, 1.807) is 30.3 Å². The van der Waals surface area contributed by atoms with E-state index in [1.807, 2.05) is 0 Å². The second kappa shape index (κ2) is 7.27. The SMILES string of the molecule is O=C1C(Nc2ccc(O)cc2)=CC(c2cc(F)cc(F)c2)N1c1ccc(O)cc1. The van der Waals surface area contributed by atoms with Crippen LogP contribution in [0, 0.1) is 11.6 Å². The van der Waals surface area contributed by atoms with Crippen LogP contribution >= 0.6 is 0 Å². The molecule has 5 nitrogen and oxygen atoms in total. The zero-order chi connectivity index (χ0) is 20.5. The predicted octanol–water partition coefficient (Wildman–Crippen LogP) is 4.46. The zero-order valence-electron chi connectivity index (χ0n) is 15.0. The first kappa shape index (κ1) is 18.5. The van der Waals surface area contributed by atoms with Crippen LogP contribution in [0.2, 0.25) is 0 Å². The number of carbonyl (C=O) groups is 1. The third-order valence-electron chi connectivity index (χ3n) is 4.55. The molecule has 1 unspecified atom stereocenters. The molecule has 146 valence electrons. The number of hydrogen-bond donors (Lipinski definition) is 3. The molecule has 3 N–H and O–H groups in total. The molecule has 7 heteroatoms. The number of rotatable bonds is 4. The van der Waals surface area contributed by atoms with Crippen LogP contribution in [0.1, 0.15) is 11.6 Å². The van der Waals surface area contributed by atoms with Gasteiger partial charge in [-0.05, 0) is 72.3 Å². The van der Waals surface area contributed by atoms with Gasteiger partial charge in [-0.15, -0.1) is 0 Å². The van der Waals surface area contributed by atoms with Gasteiger partial charge in [0.05, 0.1) is 6.04 Å². The molecular weight excluding hydrogens is 378 g/mol. The first-order valence-electron chi connectivity index (χ1n) is 8.77. The highest BCUT2D eigenvalue weighted by molar-refractivity contribution is 6.11. The molecule has 0 fully saturated rings. The minimum absolute atomic E-state index is 0.0316. The summed E-state index contributed by atoms with van der Waals surface area (Å²) in [5, 5.41) is 21.9. The maximum atomic E-state index is 13.8. The average molecular weight is 394 g/mol. The van der Waals surface area contributed by atoms with Gasteiger partial charge in [-0.2, -0.15) is 0 Å². The van der Waals surface area contributed by atoms with Crippen molar-refractivity contribution in [3.8, 4) is 11.5 Å². The third-order valence-corrected chi connectivity index (χ3v) is 4.55. The summed E-state index contributed by atoms with van der Waals surface area (Å²) in [7, 11) is 0. The van der Waals surface area contributed by atoms with Crippen LogP contribution < -0.4 is 10.2 Å². The van der Waals surface area contributed by atoms with Crippen molar-refractivity contribution in [1.29, 1.82) is 0 Å². The monoisotopic (exact) mass is 394 g/mol. The molecule has 29 heavy (non-hydrogen) atoms. The number of hydrogen-bond acceptors (Lipinski definition) is 4. The van der Waals surface area contributed by atoms with E-state index in [0.717, 1.165) is 6.07 Å². The van der Waals surface area contributed by atoms with Crippen molar-refractivity contribution in [2.24, 2.45) is 0 Å². The van der Waals surface area contributed by atoms with Gasteiger partial charge in [0.25, 0.3) is 5.91 Å². The molecule has 0 aromatic heterocycles. The largest absolute Gasteiger partial charge is 0.508 e. The van der Waals surface area contributed by atoms with Crippen LogP contribution in [0.4, 0.5) is 20.2 Å². The molecule has 1 heterocycles. The van der Waals surface area contributed by atoms with Crippen LogP contribution in [0.15, 0.2) is 78.5 Å². The summed E-state index contributed by atoms with van der Waals surface area (Å²) in [5.74, 6) is -1.78. The number of phenols is 2. The molecule has 1 amide bonds. The van der Waals surface area contributed by atoms with E-state index in [9.17, 15) is 23.8 Å². The van der Waals surface area contributed by atoms with Gasteiger partial charge in [0, 0.05) is 17.4 Å². The molecule has 0 aliphatic carbocycles. The van der Waals surface area contributed by atoms with Crippen LogP contribution in [0.3, 0.4) is 0 Å². The Morgan fingerprint density at radius 1 is 0.828 bits per heavy atom. The molecule has 0 radical (unpaired) electrons. The summed E-state index contributed by atoms with van der Waals surface area (Å²) in [4.78, 5) is 14.5. The highest BCUT2D eigenvalue weighted by Gasteiger charge is 2.35. The number of aromatic hydroxyl groups is 2. The predicted molar refractivity (Wildman–Crippen MR) is 105 cm³/mol. The van der Waals surface area contributed by atoms with E-state index in [4.69, 9.17) is 0 Å². The fourth-order valence-electron chi connectivity index (χ4n) is 3.24. The molecule has 0 saturated carbocycles. The fraction of sp³-hybridized carbons (Fsp3) is 0.0455. The number of nitrogens with zero attached hydrogens (tertiary/aromatic N) is 1. The van der Waals surface area contributed by atoms with Crippen molar-refractivity contribution in [3.05, 3.63) is 95.7 Å². The minimum atomic E-state index is -0.753. The van der Waals surface area contributed by atoms with Gasteiger partial charge >= 0.3 is 0 Å². The summed E-state index contributed by atoms with van der Waals surface area (Å²) in [6, 6.07) is 14.5. The molecule has 0 saturated heterocycles. The maximum absolute atomic E-state index is 13.8. The van der Waals surface area contributed by atoms with E-state index in [0.29, 0.717) is 11.4 Å². The summed E-state index contributed by atoms with van der Waals surface area (Å²) < 4.78 is 27.6. The summed E-state index contributed by atoms with van der Waals surface area (Å²) in [5.41, 5.74) is 1.52. The number of amides is 1. The molecule has 1 aliphatic heterocycles. The zero-order valence-corrected chi connectivity index (χ0v) is 15.0. The molecule has 3 aromatic carbocycles. The quantitative estimate of drug-likeness (QED) is 0.572. The van der Waals surface area contributed by atoms with Crippen molar-refractivity contribution in [2.75, 3.05) is 10.2 Å². The molecular formula is C22H16F2N2O3.